The Morgan fingerprint density at radius 2 is 2.19 bits per heavy atom. The molecule has 0 atom stereocenters. The van der Waals surface area contributed by atoms with Crippen molar-refractivity contribution in [3.63, 3.8) is 0 Å². The van der Waals surface area contributed by atoms with Gasteiger partial charge in [0.25, 0.3) is 0 Å². The van der Waals surface area contributed by atoms with Gasteiger partial charge in [0.05, 0.1) is 18.7 Å². The lowest BCUT2D eigenvalue weighted by Gasteiger charge is -2.29. The second-order valence-corrected chi connectivity index (χ2v) is 4.80. The number of nitrogens with zero attached hydrogens (tertiary/aromatic N) is 1. The topological polar surface area (TPSA) is 95.9 Å². The Bertz CT molecular complexity index is 585. The normalized spacial score (nSPS) is 13.4. The molecule has 7 nitrogen and oxygen atoms in total. The molecule has 1 aliphatic heterocycles. The molecule has 2 N–H and O–H groups in total. The van der Waals surface area contributed by atoms with Crippen molar-refractivity contribution in [3.8, 4) is 5.75 Å². The van der Waals surface area contributed by atoms with Crippen molar-refractivity contribution in [2.24, 2.45) is 0 Å². The predicted molar refractivity (Wildman–Crippen MR) is 74.3 cm³/mol. The molecule has 0 bridgehead atoms. The maximum atomic E-state index is 11.8. The van der Waals surface area contributed by atoms with E-state index in [-0.39, 0.29) is 32.0 Å². The number of aliphatic carboxylic acids is 1. The Labute approximate surface area is 121 Å². The highest BCUT2D eigenvalue weighted by Gasteiger charge is 2.25. The second-order valence-electron chi connectivity index (χ2n) is 4.80. The fourth-order valence-electron chi connectivity index (χ4n) is 2.04. The molecule has 2 rings (SSSR count). The number of anilines is 1. The summed E-state index contributed by atoms with van der Waals surface area (Å²) in [6, 6.07) is 5.40. The Balaban J connectivity index is 2.02. The Morgan fingerprint density at radius 1 is 1.43 bits per heavy atom. The molecule has 1 aliphatic rings. The summed E-state index contributed by atoms with van der Waals surface area (Å²) in [6.45, 7) is 1.91. The summed E-state index contributed by atoms with van der Waals surface area (Å²) in [7, 11) is 0. The zero-order valence-corrected chi connectivity index (χ0v) is 11.6. The number of benzene rings is 1. The van der Waals surface area contributed by atoms with E-state index in [9.17, 15) is 14.4 Å². The van der Waals surface area contributed by atoms with Gasteiger partial charge in [-0.15, -0.1) is 0 Å². The third-order valence-electron chi connectivity index (χ3n) is 3.00. The number of ether oxygens (including phenoxy) is 1. The summed E-state index contributed by atoms with van der Waals surface area (Å²) >= 11 is 0. The summed E-state index contributed by atoms with van der Waals surface area (Å²) in [5.41, 5.74) is 1.63. The van der Waals surface area contributed by atoms with Gasteiger partial charge >= 0.3 is 11.9 Å². The van der Waals surface area contributed by atoms with E-state index in [2.05, 4.69) is 5.32 Å². The van der Waals surface area contributed by atoms with Gasteiger partial charge in [-0.25, -0.2) is 4.79 Å². The Hall–Kier alpha value is -2.57. The van der Waals surface area contributed by atoms with Gasteiger partial charge in [0.15, 0.2) is 5.75 Å². The fraction of sp³-hybridized carbons (Fsp3) is 0.357. The summed E-state index contributed by atoms with van der Waals surface area (Å²) < 4.78 is 5.15. The van der Waals surface area contributed by atoms with Crippen LogP contribution in [0, 0.1) is 6.92 Å². The molecule has 1 amide bonds. The van der Waals surface area contributed by atoms with Crippen molar-refractivity contribution in [2.75, 3.05) is 24.5 Å². The van der Waals surface area contributed by atoms with Crippen LogP contribution >= 0.6 is 0 Å². The molecule has 112 valence electrons. The van der Waals surface area contributed by atoms with Gasteiger partial charge in [0.2, 0.25) is 5.91 Å². The number of aryl methyl sites for hydroxylation is 1. The maximum Gasteiger partial charge on any atom is 0.331 e. The van der Waals surface area contributed by atoms with Crippen molar-refractivity contribution in [2.45, 2.75) is 13.3 Å². The molecule has 21 heavy (non-hydrogen) atoms. The number of esters is 1. The lowest BCUT2D eigenvalue weighted by molar-refractivity contribution is -0.137. The molecule has 1 aromatic rings. The lowest BCUT2D eigenvalue weighted by atomic mass is 10.1. The van der Waals surface area contributed by atoms with E-state index in [1.165, 1.54) is 0 Å². The van der Waals surface area contributed by atoms with E-state index in [4.69, 9.17) is 9.84 Å². The molecular weight excluding hydrogens is 276 g/mol. The number of carbonyl (C=O) groups is 3. The number of carboxylic acids is 1. The van der Waals surface area contributed by atoms with E-state index in [1.54, 1.807) is 17.0 Å². The van der Waals surface area contributed by atoms with Crippen LogP contribution in [-0.2, 0) is 14.4 Å². The number of fused-ring (bicyclic) bond motifs is 1. The average molecular weight is 292 g/mol. The minimum atomic E-state index is -0.974. The molecule has 0 aliphatic carbocycles. The van der Waals surface area contributed by atoms with Crippen molar-refractivity contribution in [3.05, 3.63) is 23.8 Å². The number of amides is 1. The van der Waals surface area contributed by atoms with E-state index in [0.29, 0.717) is 11.4 Å². The van der Waals surface area contributed by atoms with Crippen LogP contribution < -0.4 is 15.0 Å². The SMILES string of the molecule is Cc1ccc2c(c1)OC(=O)CN2CC(=O)NCCC(=O)O. The van der Waals surface area contributed by atoms with E-state index in [0.717, 1.165) is 5.56 Å². The van der Waals surface area contributed by atoms with Gasteiger partial charge in [-0.1, -0.05) is 6.07 Å². The van der Waals surface area contributed by atoms with Crippen molar-refractivity contribution < 1.29 is 24.2 Å². The van der Waals surface area contributed by atoms with Crippen LogP contribution in [0.2, 0.25) is 0 Å². The average Bonchev–Trinajstić information content (AvgIpc) is 2.37. The van der Waals surface area contributed by atoms with Gasteiger partial charge < -0.3 is 20.1 Å². The van der Waals surface area contributed by atoms with Crippen LogP contribution in [0.4, 0.5) is 5.69 Å². The molecular formula is C14H16N2O5. The summed E-state index contributed by atoms with van der Waals surface area (Å²) in [6.07, 6.45) is -0.135. The van der Waals surface area contributed by atoms with E-state index < -0.39 is 11.9 Å². The van der Waals surface area contributed by atoms with Crippen LogP contribution in [0.3, 0.4) is 0 Å². The lowest BCUT2D eigenvalue weighted by Crippen LogP contribution is -2.43. The largest absolute Gasteiger partial charge is 0.481 e. The number of carboxylic acid groups (broad SMARTS) is 1. The van der Waals surface area contributed by atoms with Gasteiger partial charge in [-0.2, -0.15) is 0 Å². The molecule has 0 aromatic heterocycles. The fourth-order valence-corrected chi connectivity index (χ4v) is 2.04. The van der Waals surface area contributed by atoms with Crippen LogP contribution in [-0.4, -0.2) is 42.6 Å². The summed E-state index contributed by atoms with van der Waals surface area (Å²) in [5.74, 6) is -1.30. The molecule has 0 spiro atoms. The van der Waals surface area contributed by atoms with Crippen LogP contribution in [0.5, 0.6) is 5.75 Å². The molecule has 0 unspecified atom stereocenters. The molecule has 0 saturated carbocycles. The van der Waals surface area contributed by atoms with Crippen LogP contribution in [0.25, 0.3) is 0 Å². The number of hydrogen-bond acceptors (Lipinski definition) is 5. The maximum absolute atomic E-state index is 11.8. The molecule has 1 aromatic carbocycles. The smallest absolute Gasteiger partial charge is 0.331 e. The first kappa shape index (κ1) is 14.8. The minimum Gasteiger partial charge on any atom is -0.481 e. The zero-order valence-electron chi connectivity index (χ0n) is 11.6. The molecule has 7 heteroatoms. The van der Waals surface area contributed by atoms with Crippen LogP contribution in [0.15, 0.2) is 18.2 Å². The van der Waals surface area contributed by atoms with Gasteiger partial charge in [-0.05, 0) is 24.6 Å². The number of nitrogens with one attached hydrogen (secondary N) is 1. The van der Waals surface area contributed by atoms with Crippen molar-refractivity contribution in [1.29, 1.82) is 0 Å². The molecule has 0 radical (unpaired) electrons. The highest BCUT2D eigenvalue weighted by atomic mass is 16.5. The van der Waals surface area contributed by atoms with E-state index >= 15 is 0 Å². The highest BCUT2D eigenvalue weighted by Crippen LogP contribution is 2.32. The third kappa shape index (κ3) is 3.95. The Morgan fingerprint density at radius 3 is 2.90 bits per heavy atom. The summed E-state index contributed by atoms with van der Waals surface area (Å²) in [5, 5.41) is 11.0. The predicted octanol–water partition coefficient (Wildman–Crippen LogP) is 0.311. The van der Waals surface area contributed by atoms with Crippen molar-refractivity contribution >= 4 is 23.5 Å². The van der Waals surface area contributed by atoms with Crippen LogP contribution in [0.1, 0.15) is 12.0 Å². The number of carbonyl (C=O) groups excluding carboxylic acids is 2. The number of hydrogen-bond donors (Lipinski definition) is 2. The molecule has 1 heterocycles. The van der Waals surface area contributed by atoms with Gasteiger partial charge in [0, 0.05) is 6.54 Å². The molecule has 0 fully saturated rings. The van der Waals surface area contributed by atoms with E-state index in [1.807, 2.05) is 13.0 Å². The zero-order chi connectivity index (χ0) is 15.4. The first-order chi connectivity index (χ1) is 9.95. The van der Waals surface area contributed by atoms with Crippen molar-refractivity contribution in [1.82, 2.24) is 5.32 Å². The number of rotatable bonds is 5. The Kier molecular flexibility index (Phi) is 4.42. The van der Waals surface area contributed by atoms with Gasteiger partial charge in [-0.3, -0.25) is 9.59 Å². The monoisotopic (exact) mass is 292 g/mol. The first-order valence-electron chi connectivity index (χ1n) is 6.50. The standard InChI is InChI=1S/C14H16N2O5/c1-9-2-3-10-11(6-9)21-14(20)8-16(10)7-12(17)15-5-4-13(18)19/h2-3,6H,4-5,7-8H2,1H3,(H,15,17)(H,18,19). The first-order valence-corrected chi connectivity index (χ1v) is 6.50. The molecule has 0 saturated heterocycles. The van der Waals surface area contributed by atoms with Gasteiger partial charge in [0.1, 0.15) is 6.54 Å². The third-order valence-corrected chi connectivity index (χ3v) is 3.00. The minimum absolute atomic E-state index is 0.0115. The quantitative estimate of drug-likeness (QED) is 0.599. The highest BCUT2D eigenvalue weighted by molar-refractivity contribution is 5.89. The second kappa shape index (κ2) is 6.25. The summed E-state index contributed by atoms with van der Waals surface area (Å²) in [4.78, 5) is 35.3.